The van der Waals surface area contributed by atoms with Gasteiger partial charge in [-0.2, -0.15) is 8.42 Å². The third-order valence-corrected chi connectivity index (χ3v) is 4.66. The standard InChI is InChI=1S/C20H32N2O7S/c1-20(2,3)29-18(23)21-13-8-7-11-17(12-14-30(25,26)27)22-19(24)28-15-16-9-5-4-6-10-16/h4-6,9-10,17H,7-8,11-15H2,1-3H3,(H,21,23)(H,22,24)(H,25,26,27)/t17-/m0/s1. The Kier molecular flexibility index (Phi) is 10.6. The Hall–Kier alpha value is -2.33. The average Bonchev–Trinajstić information content (AvgIpc) is 2.62. The van der Waals surface area contributed by atoms with Crippen molar-refractivity contribution in [2.75, 3.05) is 12.3 Å². The Labute approximate surface area is 178 Å². The van der Waals surface area contributed by atoms with E-state index in [2.05, 4.69) is 10.6 Å². The van der Waals surface area contributed by atoms with Crippen LogP contribution >= 0.6 is 0 Å². The summed E-state index contributed by atoms with van der Waals surface area (Å²) in [6.45, 7) is 5.80. The molecule has 1 rings (SSSR count). The molecule has 1 atom stereocenters. The average molecular weight is 445 g/mol. The molecule has 1 aromatic rings. The lowest BCUT2D eigenvalue weighted by atomic mass is 10.1. The normalized spacial score (nSPS) is 12.7. The lowest BCUT2D eigenvalue weighted by molar-refractivity contribution is 0.0527. The molecule has 0 aliphatic rings. The summed E-state index contributed by atoms with van der Waals surface area (Å²) in [6.07, 6.45) is 0.581. The number of unbranched alkanes of at least 4 members (excludes halogenated alkanes) is 1. The zero-order valence-corrected chi connectivity index (χ0v) is 18.5. The Balaban J connectivity index is 2.41. The van der Waals surface area contributed by atoms with E-state index >= 15 is 0 Å². The maximum atomic E-state index is 12.0. The van der Waals surface area contributed by atoms with Gasteiger partial charge in [0.15, 0.2) is 0 Å². The molecule has 3 N–H and O–H groups in total. The molecule has 0 aromatic heterocycles. The van der Waals surface area contributed by atoms with Crippen molar-refractivity contribution in [3.05, 3.63) is 35.9 Å². The Bertz CT molecular complexity index is 761. The molecule has 30 heavy (non-hydrogen) atoms. The van der Waals surface area contributed by atoms with Crippen LogP contribution in [0.3, 0.4) is 0 Å². The summed E-state index contributed by atoms with van der Waals surface area (Å²) >= 11 is 0. The fourth-order valence-corrected chi connectivity index (χ4v) is 3.11. The van der Waals surface area contributed by atoms with Crippen LogP contribution in [-0.2, 0) is 26.2 Å². The monoisotopic (exact) mass is 444 g/mol. The highest BCUT2D eigenvalue weighted by Crippen LogP contribution is 2.09. The van der Waals surface area contributed by atoms with Gasteiger partial charge in [0.1, 0.15) is 12.2 Å². The van der Waals surface area contributed by atoms with Crippen LogP contribution in [0.2, 0.25) is 0 Å². The van der Waals surface area contributed by atoms with E-state index in [0.717, 1.165) is 5.56 Å². The molecule has 10 heteroatoms. The molecule has 0 radical (unpaired) electrons. The quantitative estimate of drug-likeness (QED) is 0.353. The van der Waals surface area contributed by atoms with E-state index in [1.807, 2.05) is 30.3 Å². The van der Waals surface area contributed by atoms with Gasteiger partial charge in [0.05, 0.1) is 5.75 Å². The summed E-state index contributed by atoms with van der Waals surface area (Å²) in [4.78, 5) is 23.6. The Morgan fingerprint density at radius 3 is 2.33 bits per heavy atom. The van der Waals surface area contributed by atoms with Gasteiger partial charge < -0.3 is 20.1 Å². The van der Waals surface area contributed by atoms with E-state index in [1.165, 1.54) is 0 Å². The Morgan fingerprint density at radius 2 is 1.73 bits per heavy atom. The molecule has 2 amide bonds. The second-order valence-corrected chi connectivity index (χ2v) is 9.47. The van der Waals surface area contributed by atoms with E-state index in [9.17, 15) is 18.0 Å². The van der Waals surface area contributed by atoms with Gasteiger partial charge in [-0.3, -0.25) is 4.55 Å². The van der Waals surface area contributed by atoms with Crippen molar-refractivity contribution in [2.45, 2.75) is 64.7 Å². The second-order valence-electron chi connectivity index (χ2n) is 7.90. The molecule has 0 bridgehead atoms. The number of ether oxygens (including phenoxy) is 2. The van der Waals surface area contributed by atoms with Crippen molar-refractivity contribution in [1.29, 1.82) is 0 Å². The molecule has 0 aliphatic carbocycles. The number of nitrogens with one attached hydrogen (secondary N) is 2. The predicted octanol–water partition coefficient (Wildman–Crippen LogP) is 3.25. The van der Waals surface area contributed by atoms with Gasteiger partial charge in [0.25, 0.3) is 10.1 Å². The van der Waals surface area contributed by atoms with Gasteiger partial charge in [0, 0.05) is 12.6 Å². The molecule has 1 aromatic carbocycles. The molecule has 0 aliphatic heterocycles. The van der Waals surface area contributed by atoms with E-state index < -0.39 is 39.7 Å². The highest BCUT2D eigenvalue weighted by Gasteiger charge is 2.18. The minimum Gasteiger partial charge on any atom is -0.445 e. The number of carbonyl (C=O) groups is 2. The van der Waals surface area contributed by atoms with Crippen molar-refractivity contribution in [3.8, 4) is 0 Å². The zero-order chi connectivity index (χ0) is 22.6. The van der Waals surface area contributed by atoms with Gasteiger partial charge in [-0.15, -0.1) is 0 Å². The summed E-state index contributed by atoms with van der Waals surface area (Å²) in [6, 6.07) is 8.67. The molecule has 9 nitrogen and oxygen atoms in total. The highest BCUT2D eigenvalue weighted by atomic mass is 32.2. The van der Waals surface area contributed by atoms with Crippen LogP contribution in [0.5, 0.6) is 0 Å². The predicted molar refractivity (Wildman–Crippen MR) is 113 cm³/mol. The molecule has 0 heterocycles. The maximum Gasteiger partial charge on any atom is 0.407 e. The van der Waals surface area contributed by atoms with Gasteiger partial charge in [-0.1, -0.05) is 30.3 Å². The largest absolute Gasteiger partial charge is 0.445 e. The summed E-state index contributed by atoms with van der Waals surface area (Å²) < 4.78 is 41.4. The minimum absolute atomic E-state index is 0.0543. The van der Waals surface area contributed by atoms with E-state index in [-0.39, 0.29) is 13.0 Å². The van der Waals surface area contributed by atoms with Gasteiger partial charge in [0.2, 0.25) is 0 Å². The number of hydrogen-bond acceptors (Lipinski definition) is 6. The molecule has 0 saturated carbocycles. The second kappa shape index (κ2) is 12.4. The lowest BCUT2D eigenvalue weighted by Gasteiger charge is -2.20. The maximum absolute atomic E-state index is 12.0. The SMILES string of the molecule is CC(C)(C)OC(=O)NCCCC[C@@H](CCS(=O)(=O)O)NC(=O)OCc1ccccc1. The van der Waals surface area contributed by atoms with Crippen LogP contribution in [0.25, 0.3) is 0 Å². The smallest absolute Gasteiger partial charge is 0.407 e. The summed E-state index contributed by atoms with van der Waals surface area (Å²) in [5.74, 6) is -0.465. The van der Waals surface area contributed by atoms with Crippen molar-refractivity contribution < 1.29 is 32.0 Å². The fourth-order valence-electron chi connectivity index (χ4n) is 2.53. The first-order valence-electron chi connectivity index (χ1n) is 9.84. The zero-order valence-electron chi connectivity index (χ0n) is 17.7. The lowest BCUT2D eigenvalue weighted by Crippen LogP contribution is -2.37. The molecular formula is C20H32N2O7S. The van der Waals surface area contributed by atoms with Crippen molar-refractivity contribution in [2.24, 2.45) is 0 Å². The minimum atomic E-state index is -4.14. The van der Waals surface area contributed by atoms with Crippen molar-refractivity contribution >= 4 is 22.3 Å². The number of amides is 2. The van der Waals surface area contributed by atoms with Gasteiger partial charge in [-0.05, 0) is 52.0 Å². The van der Waals surface area contributed by atoms with Gasteiger partial charge >= 0.3 is 12.2 Å². The topological polar surface area (TPSA) is 131 Å². The van der Waals surface area contributed by atoms with E-state index in [0.29, 0.717) is 25.8 Å². The van der Waals surface area contributed by atoms with Crippen LogP contribution in [0.1, 0.15) is 52.0 Å². The molecular weight excluding hydrogens is 412 g/mol. The van der Waals surface area contributed by atoms with Crippen LogP contribution in [0.4, 0.5) is 9.59 Å². The molecule has 0 fully saturated rings. The first kappa shape index (κ1) is 25.7. The first-order valence-corrected chi connectivity index (χ1v) is 11.4. The first-order chi connectivity index (χ1) is 13.9. The number of carbonyl (C=O) groups excluding carboxylic acids is 2. The molecule has 0 unspecified atom stereocenters. The van der Waals surface area contributed by atoms with Crippen molar-refractivity contribution in [1.82, 2.24) is 10.6 Å². The number of hydrogen-bond donors (Lipinski definition) is 3. The number of alkyl carbamates (subject to hydrolysis) is 2. The number of rotatable bonds is 11. The summed E-state index contributed by atoms with van der Waals surface area (Å²) in [5, 5.41) is 5.28. The van der Waals surface area contributed by atoms with Crippen molar-refractivity contribution in [3.63, 3.8) is 0 Å². The van der Waals surface area contributed by atoms with Gasteiger partial charge in [-0.25, -0.2) is 9.59 Å². The highest BCUT2D eigenvalue weighted by molar-refractivity contribution is 7.85. The summed E-state index contributed by atoms with van der Waals surface area (Å²) in [7, 11) is -4.14. The van der Waals surface area contributed by atoms with Crippen LogP contribution in [0.15, 0.2) is 30.3 Å². The third kappa shape index (κ3) is 13.8. The van der Waals surface area contributed by atoms with Crippen LogP contribution in [0, 0.1) is 0 Å². The van der Waals surface area contributed by atoms with Crippen LogP contribution in [-0.4, -0.2) is 49.1 Å². The fraction of sp³-hybridized carbons (Fsp3) is 0.600. The molecule has 0 spiro atoms. The van der Waals surface area contributed by atoms with E-state index in [1.54, 1.807) is 20.8 Å². The number of benzene rings is 1. The van der Waals surface area contributed by atoms with E-state index in [4.69, 9.17) is 14.0 Å². The summed E-state index contributed by atoms with van der Waals surface area (Å²) in [5.41, 5.74) is 0.255. The third-order valence-electron chi connectivity index (χ3n) is 3.91. The van der Waals surface area contributed by atoms with Crippen LogP contribution < -0.4 is 10.6 Å². The molecule has 0 saturated heterocycles. The molecule has 170 valence electrons. The Morgan fingerprint density at radius 1 is 1.07 bits per heavy atom.